The van der Waals surface area contributed by atoms with Crippen molar-refractivity contribution in [3.63, 3.8) is 0 Å². The number of amides is 1. The third kappa shape index (κ3) is 6.07. The molecule has 5 nitrogen and oxygen atoms in total. The van der Waals surface area contributed by atoms with E-state index in [-0.39, 0.29) is 24.0 Å². The van der Waals surface area contributed by atoms with Crippen molar-refractivity contribution in [2.75, 3.05) is 0 Å². The Balaban J connectivity index is 2.09. The minimum Gasteiger partial charge on any atom is -0.460 e. The maximum atomic E-state index is 12.2. The summed E-state index contributed by atoms with van der Waals surface area (Å²) >= 11 is 0. The van der Waals surface area contributed by atoms with Gasteiger partial charge in [0.25, 0.3) is 0 Å². The molecule has 0 unspecified atom stereocenters. The zero-order valence-corrected chi connectivity index (χ0v) is 15.6. The summed E-state index contributed by atoms with van der Waals surface area (Å²) in [6.45, 7) is 7.53. The molecule has 0 spiro atoms. The average molecular weight is 347 g/mol. The van der Waals surface area contributed by atoms with Gasteiger partial charge in [-0.15, -0.1) is 0 Å². The van der Waals surface area contributed by atoms with E-state index >= 15 is 0 Å². The van der Waals surface area contributed by atoms with Gasteiger partial charge >= 0.3 is 12.1 Å². The van der Waals surface area contributed by atoms with Crippen molar-refractivity contribution in [1.29, 1.82) is 0 Å². The van der Waals surface area contributed by atoms with E-state index in [1.54, 1.807) is 0 Å². The van der Waals surface area contributed by atoms with Crippen molar-refractivity contribution in [1.82, 2.24) is 5.32 Å². The summed E-state index contributed by atoms with van der Waals surface area (Å²) in [5.41, 5.74) is 0.511. The van der Waals surface area contributed by atoms with Crippen LogP contribution in [0.1, 0.15) is 52.5 Å². The zero-order chi connectivity index (χ0) is 18.4. The van der Waals surface area contributed by atoms with Gasteiger partial charge in [0, 0.05) is 0 Å². The van der Waals surface area contributed by atoms with Crippen molar-refractivity contribution in [3.8, 4) is 0 Å². The molecule has 25 heavy (non-hydrogen) atoms. The number of hydrogen-bond donors (Lipinski definition) is 1. The number of ether oxygens (including phenoxy) is 2. The van der Waals surface area contributed by atoms with Crippen LogP contribution in [-0.4, -0.2) is 29.8 Å². The lowest BCUT2D eigenvalue weighted by Crippen LogP contribution is -2.46. The Morgan fingerprint density at radius 3 is 2.60 bits per heavy atom. The number of rotatable bonds is 6. The van der Waals surface area contributed by atoms with Crippen LogP contribution in [-0.2, 0) is 20.7 Å². The number of carbonyl (C=O) groups excluding carboxylic acids is 2. The number of cyclic esters (lactones) is 1. The van der Waals surface area contributed by atoms with Crippen LogP contribution in [0.4, 0.5) is 4.79 Å². The molecule has 1 aromatic carbocycles. The molecule has 0 aliphatic carbocycles. The van der Waals surface area contributed by atoms with Crippen molar-refractivity contribution >= 4 is 12.1 Å². The third-order valence-electron chi connectivity index (χ3n) is 4.20. The second-order valence-electron chi connectivity index (χ2n) is 7.64. The second-order valence-corrected chi connectivity index (χ2v) is 7.64. The van der Waals surface area contributed by atoms with Gasteiger partial charge in [-0.05, 0) is 45.6 Å². The molecular formula is C20H29NO4. The van der Waals surface area contributed by atoms with Crippen molar-refractivity contribution in [2.24, 2.45) is 5.92 Å². The first-order valence-corrected chi connectivity index (χ1v) is 9.02. The molecule has 138 valence electrons. The molecule has 1 aromatic rings. The van der Waals surface area contributed by atoms with Gasteiger partial charge < -0.3 is 14.8 Å². The van der Waals surface area contributed by atoms with Crippen LogP contribution in [0, 0.1) is 5.92 Å². The highest BCUT2D eigenvalue weighted by Gasteiger charge is 2.39. The molecule has 1 N–H and O–H groups in total. The molecule has 5 heteroatoms. The minimum absolute atomic E-state index is 0.0753. The number of esters is 1. The van der Waals surface area contributed by atoms with Gasteiger partial charge in [-0.25, -0.2) is 4.79 Å². The molecule has 1 saturated heterocycles. The summed E-state index contributed by atoms with van der Waals surface area (Å²) in [6, 6.07) is 9.57. The molecule has 0 bridgehead atoms. The van der Waals surface area contributed by atoms with Crippen LogP contribution in [0.15, 0.2) is 30.3 Å². The second kappa shape index (κ2) is 8.37. The fourth-order valence-corrected chi connectivity index (χ4v) is 3.10. The highest BCUT2D eigenvalue weighted by atomic mass is 16.6. The first-order valence-electron chi connectivity index (χ1n) is 9.02. The summed E-state index contributed by atoms with van der Waals surface area (Å²) < 4.78 is 11.0. The van der Waals surface area contributed by atoms with E-state index in [0.29, 0.717) is 12.8 Å². The van der Waals surface area contributed by atoms with Gasteiger partial charge in [-0.1, -0.05) is 43.7 Å². The maximum Gasteiger partial charge on any atom is 0.408 e. The lowest BCUT2D eigenvalue weighted by Gasteiger charge is -2.26. The largest absolute Gasteiger partial charge is 0.460 e. The molecule has 1 aliphatic rings. The standard InChI is InChI=1S/C20H29NO4/c1-5-9-15-13-17(24-18(15)22)16(12-14-10-7-6-8-11-14)21-19(23)25-20(2,3)4/h6-8,10-11,15-17H,5,9,12-13H2,1-4H3,(H,21,23)/t15-,16+,17+/m1/s1. The molecule has 1 amide bonds. The number of carbonyl (C=O) groups is 2. The molecule has 2 rings (SSSR count). The van der Waals surface area contributed by atoms with Crippen LogP contribution < -0.4 is 5.32 Å². The zero-order valence-electron chi connectivity index (χ0n) is 15.6. The Bertz CT molecular complexity index is 579. The number of alkyl carbamates (subject to hydrolysis) is 1. The average Bonchev–Trinajstić information content (AvgIpc) is 2.87. The summed E-state index contributed by atoms with van der Waals surface area (Å²) in [6.07, 6.45) is 2.19. The Labute approximate surface area is 150 Å². The predicted octanol–water partition coefficient (Wildman–Crippen LogP) is 3.85. The summed E-state index contributed by atoms with van der Waals surface area (Å²) in [7, 11) is 0. The topological polar surface area (TPSA) is 64.6 Å². The minimum atomic E-state index is -0.571. The van der Waals surface area contributed by atoms with Gasteiger partial charge in [0.2, 0.25) is 0 Å². The lowest BCUT2D eigenvalue weighted by molar-refractivity contribution is -0.145. The Morgan fingerprint density at radius 2 is 2.00 bits per heavy atom. The van der Waals surface area contributed by atoms with Gasteiger partial charge in [-0.3, -0.25) is 4.79 Å². The van der Waals surface area contributed by atoms with Crippen molar-refractivity contribution in [2.45, 2.75) is 71.1 Å². The van der Waals surface area contributed by atoms with E-state index in [9.17, 15) is 9.59 Å². The predicted molar refractivity (Wildman–Crippen MR) is 96.2 cm³/mol. The number of hydrogen-bond acceptors (Lipinski definition) is 4. The van der Waals surface area contributed by atoms with E-state index in [4.69, 9.17) is 9.47 Å². The van der Waals surface area contributed by atoms with Gasteiger partial charge in [0.15, 0.2) is 0 Å². The molecule has 1 fully saturated rings. The summed E-state index contributed by atoms with van der Waals surface area (Å²) in [5, 5.41) is 2.91. The van der Waals surface area contributed by atoms with Crippen LogP contribution in [0.25, 0.3) is 0 Å². The molecule has 1 heterocycles. The summed E-state index contributed by atoms with van der Waals surface area (Å²) in [5.74, 6) is -0.232. The molecule has 3 atom stereocenters. The first kappa shape index (κ1) is 19.3. The Morgan fingerprint density at radius 1 is 1.32 bits per heavy atom. The molecule has 0 radical (unpaired) electrons. The smallest absolute Gasteiger partial charge is 0.408 e. The van der Waals surface area contributed by atoms with E-state index < -0.39 is 11.7 Å². The highest BCUT2D eigenvalue weighted by molar-refractivity contribution is 5.75. The van der Waals surface area contributed by atoms with Crippen LogP contribution >= 0.6 is 0 Å². The van der Waals surface area contributed by atoms with Crippen molar-refractivity contribution in [3.05, 3.63) is 35.9 Å². The quantitative estimate of drug-likeness (QED) is 0.794. The van der Waals surface area contributed by atoms with E-state index in [0.717, 1.165) is 18.4 Å². The molecule has 0 saturated carbocycles. The van der Waals surface area contributed by atoms with E-state index in [1.807, 2.05) is 51.1 Å². The fraction of sp³-hybridized carbons (Fsp3) is 0.600. The van der Waals surface area contributed by atoms with E-state index in [1.165, 1.54) is 0 Å². The summed E-state index contributed by atoms with van der Waals surface area (Å²) in [4.78, 5) is 24.3. The number of nitrogens with one attached hydrogen (secondary N) is 1. The molecule has 1 aliphatic heterocycles. The molecule has 0 aromatic heterocycles. The highest BCUT2D eigenvalue weighted by Crippen LogP contribution is 2.28. The van der Waals surface area contributed by atoms with Gasteiger partial charge in [-0.2, -0.15) is 0 Å². The van der Waals surface area contributed by atoms with Gasteiger partial charge in [0.05, 0.1) is 12.0 Å². The maximum absolute atomic E-state index is 12.2. The molecular weight excluding hydrogens is 318 g/mol. The Hall–Kier alpha value is -2.04. The van der Waals surface area contributed by atoms with Gasteiger partial charge in [0.1, 0.15) is 11.7 Å². The normalized spacial score (nSPS) is 21.5. The van der Waals surface area contributed by atoms with Crippen LogP contribution in [0.5, 0.6) is 0 Å². The monoisotopic (exact) mass is 347 g/mol. The Kier molecular flexibility index (Phi) is 6.45. The van der Waals surface area contributed by atoms with Crippen LogP contribution in [0.3, 0.4) is 0 Å². The van der Waals surface area contributed by atoms with Crippen molar-refractivity contribution < 1.29 is 19.1 Å². The SMILES string of the molecule is CCC[C@@H]1C[C@@H]([C@H](Cc2ccccc2)NC(=O)OC(C)(C)C)OC1=O. The van der Waals surface area contributed by atoms with E-state index in [2.05, 4.69) is 12.2 Å². The fourth-order valence-electron chi connectivity index (χ4n) is 3.10. The third-order valence-corrected chi connectivity index (χ3v) is 4.20. The first-order chi connectivity index (χ1) is 11.8. The van der Waals surface area contributed by atoms with Crippen LogP contribution in [0.2, 0.25) is 0 Å². The number of benzene rings is 1. The lowest BCUT2D eigenvalue weighted by atomic mass is 9.93.